The molecule has 8 nitrogen and oxygen atoms in total. The van der Waals surface area contributed by atoms with Crippen molar-refractivity contribution < 1.29 is 19.0 Å². The first-order chi connectivity index (χ1) is 16.9. The fraction of sp³-hybridized carbons (Fsp3) is 0.370. The van der Waals surface area contributed by atoms with E-state index in [4.69, 9.17) is 14.2 Å². The highest BCUT2D eigenvalue weighted by Gasteiger charge is 2.70. The minimum Gasteiger partial charge on any atom is -0.373 e. The van der Waals surface area contributed by atoms with Crippen LogP contribution in [0.4, 0.5) is 0 Å². The van der Waals surface area contributed by atoms with Crippen LogP contribution in [0.2, 0.25) is 0 Å². The van der Waals surface area contributed by atoms with E-state index in [0.29, 0.717) is 12.2 Å². The van der Waals surface area contributed by atoms with Crippen molar-refractivity contribution in [2.75, 3.05) is 6.61 Å². The van der Waals surface area contributed by atoms with Crippen LogP contribution in [0.1, 0.15) is 29.8 Å². The highest BCUT2D eigenvalue weighted by Crippen LogP contribution is 2.55. The van der Waals surface area contributed by atoms with Crippen molar-refractivity contribution in [1.29, 1.82) is 0 Å². The highest BCUT2D eigenvalue weighted by molar-refractivity contribution is 5.94. The lowest BCUT2D eigenvalue weighted by molar-refractivity contribution is -0.181. The number of fused-ring (bicyclic) bond motifs is 2. The van der Waals surface area contributed by atoms with Crippen LogP contribution in [0.5, 0.6) is 0 Å². The van der Waals surface area contributed by atoms with Gasteiger partial charge in [0.2, 0.25) is 0 Å². The molecule has 1 aliphatic carbocycles. The first kappa shape index (κ1) is 23.4. The molecule has 1 aromatic heterocycles. The lowest BCUT2D eigenvalue weighted by Crippen LogP contribution is -2.50. The summed E-state index contributed by atoms with van der Waals surface area (Å²) in [5, 5.41) is 0. The monoisotopic (exact) mass is 476 g/mol. The van der Waals surface area contributed by atoms with Crippen LogP contribution < -0.4 is 11.2 Å². The molecule has 1 saturated heterocycles. The number of nitrogens with zero attached hydrogens (tertiary/aromatic N) is 1. The van der Waals surface area contributed by atoms with Crippen LogP contribution >= 0.6 is 0 Å². The van der Waals surface area contributed by atoms with Crippen molar-refractivity contribution in [3.63, 3.8) is 0 Å². The molecule has 5 atom stereocenters. The molecule has 0 spiro atoms. The Bertz CT molecular complexity index is 1320. The minimum absolute atomic E-state index is 0.00535. The van der Waals surface area contributed by atoms with Crippen LogP contribution in [0.15, 0.2) is 76.4 Å². The summed E-state index contributed by atoms with van der Waals surface area (Å²) in [7, 11) is 0. The summed E-state index contributed by atoms with van der Waals surface area (Å²) in [6.45, 7) is 4.06. The molecule has 1 unspecified atom stereocenters. The van der Waals surface area contributed by atoms with E-state index in [1.165, 1.54) is 10.8 Å². The Labute approximate surface area is 202 Å². The van der Waals surface area contributed by atoms with Gasteiger partial charge in [-0.3, -0.25) is 19.1 Å². The van der Waals surface area contributed by atoms with Gasteiger partial charge in [-0.2, -0.15) is 0 Å². The van der Waals surface area contributed by atoms with E-state index in [-0.39, 0.29) is 19.0 Å². The predicted molar refractivity (Wildman–Crippen MR) is 128 cm³/mol. The summed E-state index contributed by atoms with van der Waals surface area (Å²) in [6.07, 6.45) is 0.0909. The lowest BCUT2D eigenvalue weighted by Gasteiger charge is -2.33. The topological polar surface area (TPSA) is 99.6 Å². The molecule has 2 bridgehead atoms. The number of aryl methyl sites for hydroxylation is 1. The van der Waals surface area contributed by atoms with E-state index in [0.717, 1.165) is 11.1 Å². The Morgan fingerprint density at radius 1 is 0.971 bits per heavy atom. The maximum Gasteiger partial charge on any atom is 0.330 e. The Kier molecular flexibility index (Phi) is 6.27. The number of ketones is 1. The number of ether oxygens (including phenoxy) is 3. The van der Waals surface area contributed by atoms with Crippen molar-refractivity contribution in [2.24, 2.45) is 11.8 Å². The number of nitrogens with one attached hydrogen (secondary N) is 1. The first-order valence-electron chi connectivity index (χ1n) is 11.7. The minimum atomic E-state index is -1.36. The lowest BCUT2D eigenvalue weighted by atomic mass is 9.94. The van der Waals surface area contributed by atoms with E-state index >= 15 is 0 Å². The summed E-state index contributed by atoms with van der Waals surface area (Å²) in [5.74, 6) is -0.942. The Morgan fingerprint density at radius 3 is 2.26 bits per heavy atom. The molecule has 1 aliphatic heterocycles. The Balaban J connectivity index is 1.47. The number of hydrogen-bond donors (Lipinski definition) is 1. The van der Waals surface area contributed by atoms with Crippen molar-refractivity contribution in [3.8, 4) is 0 Å². The molecule has 2 heterocycles. The molecule has 1 saturated carbocycles. The third-order valence-corrected chi connectivity index (χ3v) is 7.00. The number of carbonyl (C=O) groups excluding carboxylic acids is 1. The molecule has 5 rings (SSSR count). The van der Waals surface area contributed by atoms with Crippen LogP contribution in [0.25, 0.3) is 0 Å². The zero-order valence-electron chi connectivity index (χ0n) is 19.7. The zero-order valence-corrected chi connectivity index (χ0v) is 19.7. The summed E-state index contributed by atoms with van der Waals surface area (Å²) >= 11 is 0. The molecule has 2 aromatic carbocycles. The summed E-state index contributed by atoms with van der Waals surface area (Å²) in [5.41, 5.74) is -0.0696. The second-order valence-electron chi connectivity index (χ2n) is 9.30. The number of benzene rings is 2. The van der Waals surface area contributed by atoms with E-state index in [1.54, 1.807) is 6.92 Å². The molecule has 2 fully saturated rings. The van der Waals surface area contributed by atoms with Gasteiger partial charge in [-0.15, -0.1) is 0 Å². The van der Waals surface area contributed by atoms with Crippen LogP contribution in [-0.4, -0.2) is 33.6 Å². The molecule has 3 aromatic rings. The van der Waals surface area contributed by atoms with Gasteiger partial charge in [0.05, 0.1) is 19.8 Å². The van der Waals surface area contributed by atoms with Crippen molar-refractivity contribution in [1.82, 2.24) is 9.55 Å². The Morgan fingerprint density at radius 2 is 1.60 bits per heavy atom. The van der Waals surface area contributed by atoms with E-state index in [1.807, 2.05) is 67.6 Å². The third-order valence-electron chi connectivity index (χ3n) is 7.00. The maximum absolute atomic E-state index is 13.5. The standard InChI is InChI=1S/C27H28N2O6/c1-17-13-29(26(32)28-24(17)31)25-21-18(2)22(30)27(35-25,16-33-14-19-9-5-3-6-10-19)23(21)34-15-20-11-7-4-8-12-20/h3-13,18,21,23,25H,14-16H2,1-2H3,(H,28,31,32)/t18-,21?,23-,25+,27-/m0/s1. The number of aromatic amines is 1. The number of H-pyrrole nitrogens is 1. The molecule has 2 aliphatic rings. The van der Waals surface area contributed by atoms with Crippen molar-refractivity contribution in [3.05, 3.63) is 104 Å². The first-order valence-corrected chi connectivity index (χ1v) is 11.7. The second-order valence-corrected chi connectivity index (χ2v) is 9.30. The normalized spacial score (nSPS) is 27.4. The molecule has 0 radical (unpaired) electrons. The van der Waals surface area contributed by atoms with Gasteiger partial charge >= 0.3 is 5.69 Å². The van der Waals surface area contributed by atoms with Gasteiger partial charge in [0.1, 0.15) is 12.3 Å². The molecular weight excluding hydrogens is 448 g/mol. The molecule has 1 N–H and O–H groups in total. The molecule has 0 amide bonds. The van der Waals surface area contributed by atoms with E-state index < -0.39 is 41.0 Å². The fourth-order valence-corrected chi connectivity index (χ4v) is 5.19. The van der Waals surface area contributed by atoms with Gasteiger partial charge in [0.15, 0.2) is 11.4 Å². The number of hydrogen-bond acceptors (Lipinski definition) is 6. The van der Waals surface area contributed by atoms with Crippen LogP contribution in [0.3, 0.4) is 0 Å². The van der Waals surface area contributed by atoms with Crippen molar-refractivity contribution >= 4 is 5.78 Å². The molecular formula is C27H28N2O6. The van der Waals surface area contributed by atoms with Crippen LogP contribution in [-0.2, 0) is 32.2 Å². The van der Waals surface area contributed by atoms with Gasteiger partial charge in [-0.25, -0.2) is 4.79 Å². The average Bonchev–Trinajstić information content (AvgIpc) is 3.28. The maximum atomic E-state index is 13.5. The third kappa shape index (κ3) is 4.18. The quantitative estimate of drug-likeness (QED) is 0.537. The molecule has 182 valence electrons. The Hall–Kier alpha value is -3.33. The summed E-state index contributed by atoms with van der Waals surface area (Å²) < 4.78 is 20.1. The number of Topliss-reactive ketones (excluding diaryl/α,β-unsaturated/α-hetero) is 1. The number of carbonyl (C=O) groups is 1. The van der Waals surface area contributed by atoms with Gasteiger partial charge in [-0.05, 0) is 18.1 Å². The van der Waals surface area contributed by atoms with Gasteiger partial charge in [0, 0.05) is 23.6 Å². The van der Waals surface area contributed by atoms with E-state index in [2.05, 4.69) is 4.98 Å². The van der Waals surface area contributed by atoms with Gasteiger partial charge < -0.3 is 14.2 Å². The number of rotatable bonds is 8. The molecule has 35 heavy (non-hydrogen) atoms. The van der Waals surface area contributed by atoms with Crippen LogP contribution in [0, 0.1) is 18.8 Å². The van der Waals surface area contributed by atoms with E-state index in [9.17, 15) is 14.4 Å². The smallest absolute Gasteiger partial charge is 0.330 e. The average molecular weight is 477 g/mol. The molecule has 8 heteroatoms. The predicted octanol–water partition coefficient (Wildman–Crippen LogP) is 2.75. The summed E-state index contributed by atoms with van der Waals surface area (Å²) in [4.78, 5) is 40.5. The largest absolute Gasteiger partial charge is 0.373 e. The van der Waals surface area contributed by atoms with Gasteiger partial charge in [0.25, 0.3) is 5.56 Å². The number of aromatic nitrogens is 2. The fourth-order valence-electron chi connectivity index (χ4n) is 5.19. The van der Waals surface area contributed by atoms with Gasteiger partial charge in [-0.1, -0.05) is 67.6 Å². The highest BCUT2D eigenvalue weighted by atomic mass is 16.6. The second kappa shape index (κ2) is 9.37. The zero-order chi connectivity index (χ0) is 24.6. The van der Waals surface area contributed by atoms with Crippen molar-refractivity contribution in [2.45, 2.75) is 45.0 Å². The SMILES string of the molecule is Cc1cn([C@@H]2O[C@@]3(COCc4ccccc4)C(=O)[C@@H](C)C2[C@@H]3OCc2ccccc2)c(=O)[nH]c1=O. The summed E-state index contributed by atoms with van der Waals surface area (Å²) in [6, 6.07) is 19.4.